The lowest BCUT2D eigenvalue weighted by atomic mass is 9.86. The van der Waals surface area contributed by atoms with E-state index in [2.05, 4.69) is 24.2 Å². The van der Waals surface area contributed by atoms with Crippen LogP contribution in [0.2, 0.25) is 0 Å². The lowest BCUT2D eigenvalue weighted by Gasteiger charge is -2.34. The van der Waals surface area contributed by atoms with Gasteiger partial charge in [0.05, 0.1) is 12.7 Å². The van der Waals surface area contributed by atoms with Crippen LogP contribution in [0.4, 0.5) is 0 Å². The zero-order valence-corrected chi connectivity index (χ0v) is 12.2. The van der Waals surface area contributed by atoms with Crippen molar-refractivity contribution in [3.05, 3.63) is 0 Å². The van der Waals surface area contributed by atoms with Gasteiger partial charge in [-0.05, 0) is 38.6 Å². The number of nitrogens with one attached hydrogen (secondary N) is 1. The number of rotatable bonds is 8. The summed E-state index contributed by atoms with van der Waals surface area (Å²) in [6.07, 6.45) is 4.93. The number of hydrogen-bond donors (Lipinski definition) is 2. The first-order valence-corrected chi connectivity index (χ1v) is 7.21. The molecule has 0 aliphatic heterocycles. The second kappa shape index (κ2) is 8.86. The maximum atomic E-state index is 9.96. The summed E-state index contributed by atoms with van der Waals surface area (Å²) in [5.41, 5.74) is 0. The molecule has 1 saturated carbocycles. The van der Waals surface area contributed by atoms with Gasteiger partial charge in [-0.2, -0.15) is 0 Å². The third kappa shape index (κ3) is 6.14. The molecule has 1 aliphatic rings. The summed E-state index contributed by atoms with van der Waals surface area (Å²) in [7, 11) is 3.83. The molecule has 0 aromatic heterocycles. The predicted molar refractivity (Wildman–Crippen MR) is 74.8 cm³/mol. The first kappa shape index (κ1) is 15.9. The van der Waals surface area contributed by atoms with Crippen LogP contribution < -0.4 is 5.32 Å². The molecule has 0 aromatic carbocycles. The Hall–Kier alpha value is -0.160. The Bertz CT molecular complexity index is 206. The van der Waals surface area contributed by atoms with Crippen LogP contribution >= 0.6 is 0 Å². The summed E-state index contributed by atoms with van der Waals surface area (Å²) in [4.78, 5) is 2.33. The van der Waals surface area contributed by atoms with E-state index in [1.54, 1.807) is 7.11 Å². The van der Waals surface area contributed by atoms with Crippen LogP contribution in [0.5, 0.6) is 0 Å². The van der Waals surface area contributed by atoms with Gasteiger partial charge >= 0.3 is 0 Å². The van der Waals surface area contributed by atoms with E-state index < -0.39 is 0 Å². The van der Waals surface area contributed by atoms with Crippen molar-refractivity contribution in [1.29, 1.82) is 0 Å². The van der Waals surface area contributed by atoms with E-state index >= 15 is 0 Å². The minimum absolute atomic E-state index is 0.286. The van der Waals surface area contributed by atoms with Gasteiger partial charge in [0, 0.05) is 32.8 Å². The Morgan fingerprint density at radius 3 is 2.61 bits per heavy atom. The van der Waals surface area contributed by atoms with Gasteiger partial charge in [0.25, 0.3) is 0 Å². The van der Waals surface area contributed by atoms with Crippen LogP contribution in [0.3, 0.4) is 0 Å². The molecule has 0 radical (unpaired) electrons. The molecule has 0 spiro atoms. The minimum Gasteiger partial charge on any atom is -0.390 e. The highest BCUT2D eigenvalue weighted by molar-refractivity contribution is 4.78. The highest BCUT2D eigenvalue weighted by Crippen LogP contribution is 2.26. The van der Waals surface area contributed by atoms with Gasteiger partial charge in [-0.3, -0.25) is 0 Å². The van der Waals surface area contributed by atoms with Crippen LogP contribution in [-0.2, 0) is 4.74 Å². The average molecular weight is 258 g/mol. The van der Waals surface area contributed by atoms with Crippen molar-refractivity contribution in [2.24, 2.45) is 5.92 Å². The van der Waals surface area contributed by atoms with Gasteiger partial charge in [0.2, 0.25) is 0 Å². The second-order valence-electron chi connectivity index (χ2n) is 5.70. The lowest BCUT2D eigenvalue weighted by Crippen LogP contribution is -2.43. The molecule has 0 amide bonds. The van der Waals surface area contributed by atoms with Gasteiger partial charge in [-0.25, -0.2) is 0 Å². The summed E-state index contributed by atoms with van der Waals surface area (Å²) in [6.45, 7) is 5.25. The summed E-state index contributed by atoms with van der Waals surface area (Å²) in [6, 6.07) is 0.662. The average Bonchev–Trinajstić information content (AvgIpc) is 2.35. The predicted octanol–water partition coefficient (Wildman–Crippen LogP) is 1.09. The highest BCUT2D eigenvalue weighted by atomic mass is 16.5. The molecule has 108 valence electrons. The Balaban J connectivity index is 2.12. The fourth-order valence-electron chi connectivity index (χ4n) is 2.67. The number of aliphatic hydroxyl groups excluding tert-OH is 1. The Morgan fingerprint density at radius 1 is 1.33 bits per heavy atom. The third-order valence-corrected chi connectivity index (χ3v) is 3.97. The van der Waals surface area contributed by atoms with Crippen LogP contribution in [-0.4, -0.2) is 62.6 Å². The van der Waals surface area contributed by atoms with Crippen LogP contribution in [0.25, 0.3) is 0 Å². The number of likely N-dealkylation sites (N-methyl/N-ethyl adjacent to an activating group) is 1. The number of ether oxygens (including phenoxy) is 1. The lowest BCUT2D eigenvalue weighted by molar-refractivity contribution is 0.0837. The van der Waals surface area contributed by atoms with Crippen LogP contribution in [0.1, 0.15) is 32.6 Å². The monoisotopic (exact) mass is 258 g/mol. The standard InChI is InChI=1S/C14H30N2O2/c1-12-4-6-13(7-5-12)16(2)11-14(17)10-15-8-9-18-3/h12-15,17H,4-11H2,1-3H3. The van der Waals surface area contributed by atoms with Gasteiger partial charge in [0.1, 0.15) is 0 Å². The zero-order valence-electron chi connectivity index (χ0n) is 12.2. The SMILES string of the molecule is COCCNCC(O)CN(C)C1CCC(C)CC1. The van der Waals surface area contributed by atoms with Crippen LogP contribution in [0.15, 0.2) is 0 Å². The first-order chi connectivity index (χ1) is 8.63. The molecule has 1 fully saturated rings. The topological polar surface area (TPSA) is 44.7 Å². The molecule has 1 atom stereocenters. The number of aliphatic hydroxyl groups is 1. The maximum absolute atomic E-state index is 9.96. The minimum atomic E-state index is -0.286. The van der Waals surface area contributed by atoms with E-state index in [-0.39, 0.29) is 6.10 Å². The molecule has 1 rings (SSSR count). The fraction of sp³-hybridized carbons (Fsp3) is 1.00. The van der Waals surface area contributed by atoms with Gasteiger partial charge in [-0.1, -0.05) is 6.92 Å². The van der Waals surface area contributed by atoms with Crippen molar-refractivity contribution in [3.8, 4) is 0 Å². The van der Waals surface area contributed by atoms with Crippen molar-refractivity contribution in [2.45, 2.75) is 44.8 Å². The molecule has 18 heavy (non-hydrogen) atoms. The van der Waals surface area contributed by atoms with Gasteiger partial charge < -0.3 is 20.1 Å². The maximum Gasteiger partial charge on any atom is 0.0791 e. The van der Waals surface area contributed by atoms with Crippen LogP contribution in [0, 0.1) is 5.92 Å². The fourth-order valence-corrected chi connectivity index (χ4v) is 2.67. The quantitative estimate of drug-likeness (QED) is 0.640. The molecule has 1 unspecified atom stereocenters. The molecule has 1 aliphatic carbocycles. The summed E-state index contributed by atoms with van der Waals surface area (Å²) >= 11 is 0. The highest BCUT2D eigenvalue weighted by Gasteiger charge is 2.22. The molecule has 0 aromatic rings. The zero-order chi connectivity index (χ0) is 13.4. The van der Waals surface area contributed by atoms with E-state index in [4.69, 9.17) is 4.74 Å². The van der Waals surface area contributed by atoms with E-state index in [0.717, 1.165) is 19.0 Å². The molecule has 0 saturated heterocycles. The third-order valence-electron chi connectivity index (χ3n) is 3.97. The molecular formula is C14H30N2O2. The molecule has 4 heteroatoms. The Morgan fingerprint density at radius 2 is 2.00 bits per heavy atom. The second-order valence-corrected chi connectivity index (χ2v) is 5.70. The van der Waals surface area contributed by atoms with E-state index in [0.29, 0.717) is 19.2 Å². The normalized spacial score (nSPS) is 26.5. The number of nitrogens with zero attached hydrogens (tertiary/aromatic N) is 1. The van der Waals surface area contributed by atoms with E-state index in [1.165, 1.54) is 25.7 Å². The Kier molecular flexibility index (Phi) is 7.82. The molecule has 4 nitrogen and oxygen atoms in total. The summed E-state index contributed by atoms with van der Waals surface area (Å²) in [5.74, 6) is 0.885. The first-order valence-electron chi connectivity index (χ1n) is 7.21. The largest absolute Gasteiger partial charge is 0.390 e. The summed E-state index contributed by atoms with van der Waals surface area (Å²) in [5, 5.41) is 13.2. The van der Waals surface area contributed by atoms with Gasteiger partial charge in [-0.15, -0.1) is 0 Å². The van der Waals surface area contributed by atoms with Crippen molar-refractivity contribution in [1.82, 2.24) is 10.2 Å². The van der Waals surface area contributed by atoms with Crippen molar-refractivity contribution in [3.63, 3.8) is 0 Å². The van der Waals surface area contributed by atoms with Crippen molar-refractivity contribution in [2.75, 3.05) is 40.4 Å². The molecule has 0 heterocycles. The molecular weight excluding hydrogens is 228 g/mol. The van der Waals surface area contributed by atoms with Gasteiger partial charge in [0.15, 0.2) is 0 Å². The molecule has 0 bridgehead atoms. The Labute approximate surface area is 112 Å². The number of methoxy groups -OCH3 is 1. The van der Waals surface area contributed by atoms with E-state index in [9.17, 15) is 5.11 Å². The smallest absolute Gasteiger partial charge is 0.0791 e. The molecule has 2 N–H and O–H groups in total. The summed E-state index contributed by atoms with van der Waals surface area (Å²) < 4.78 is 4.96. The van der Waals surface area contributed by atoms with Crippen molar-refractivity contribution < 1.29 is 9.84 Å². The van der Waals surface area contributed by atoms with Crippen molar-refractivity contribution >= 4 is 0 Å². The number of hydrogen-bond acceptors (Lipinski definition) is 4. The van der Waals surface area contributed by atoms with E-state index in [1.807, 2.05) is 0 Å².